The average Bonchev–Trinajstić information content (AvgIpc) is 1.84. The lowest BCUT2D eigenvalue weighted by atomic mass is 10.0. The Bertz CT molecular complexity index is 182. The van der Waals surface area contributed by atoms with Crippen LogP contribution >= 0.6 is 0 Å². The molecule has 0 fully saturated rings. The fourth-order valence-corrected chi connectivity index (χ4v) is 0.490. The summed E-state index contributed by atoms with van der Waals surface area (Å²) in [5.74, 6) is -2.19. The van der Waals surface area contributed by atoms with Gasteiger partial charge in [0.1, 0.15) is 5.78 Å². The standard InChI is InChI=1S/C7H10O3.2CH4/c1-4(5(2)8)7(10)6(3)9;;/h4H,1-3H3;2*1H4. The van der Waals surface area contributed by atoms with Gasteiger partial charge in [0.15, 0.2) is 5.78 Å². The van der Waals surface area contributed by atoms with Crippen LogP contribution in [0.1, 0.15) is 35.6 Å². The van der Waals surface area contributed by atoms with Gasteiger partial charge in [0.2, 0.25) is 5.78 Å². The highest BCUT2D eigenvalue weighted by Crippen LogP contribution is 1.98. The molecule has 72 valence electrons. The molecule has 0 amide bonds. The topological polar surface area (TPSA) is 51.2 Å². The third-order valence-electron chi connectivity index (χ3n) is 1.35. The predicted octanol–water partition coefficient (Wildman–Crippen LogP) is 1.64. The first-order chi connectivity index (χ1) is 4.46. The third-order valence-corrected chi connectivity index (χ3v) is 1.35. The molecule has 0 saturated heterocycles. The normalized spacial score (nSPS) is 10.2. The molecule has 0 aromatic heterocycles. The van der Waals surface area contributed by atoms with Crippen molar-refractivity contribution >= 4 is 17.3 Å². The van der Waals surface area contributed by atoms with E-state index in [9.17, 15) is 14.4 Å². The molecule has 0 N–H and O–H groups in total. The van der Waals surface area contributed by atoms with Gasteiger partial charge in [-0.1, -0.05) is 14.9 Å². The van der Waals surface area contributed by atoms with Crippen LogP contribution in [0.25, 0.3) is 0 Å². The zero-order chi connectivity index (χ0) is 8.31. The predicted molar refractivity (Wildman–Crippen MR) is 49.0 cm³/mol. The summed E-state index contributed by atoms with van der Waals surface area (Å²) >= 11 is 0. The second-order valence-corrected chi connectivity index (χ2v) is 2.25. The van der Waals surface area contributed by atoms with Crippen molar-refractivity contribution in [2.75, 3.05) is 0 Å². The Labute approximate surface area is 74.2 Å². The van der Waals surface area contributed by atoms with Gasteiger partial charge in [-0.25, -0.2) is 0 Å². The van der Waals surface area contributed by atoms with E-state index >= 15 is 0 Å². The molecule has 0 saturated carbocycles. The Kier molecular flexibility index (Phi) is 9.61. The Morgan fingerprint density at radius 2 is 1.33 bits per heavy atom. The quantitative estimate of drug-likeness (QED) is 0.482. The largest absolute Gasteiger partial charge is 0.299 e. The lowest BCUT2D eigenvalue weighted by Gasteiger charge is -2.00. The van der Waals surface area contributed by atoms with E-state index in [1.807, 2.05) is 0 Å². The van der Waals surface area contributed by atoms with E-state index in [4.69, 9.17) is 0 Å². The monoisotopic (exact) mass is 174 g/mol. The molecular formula is C9H18O3. The molecule has 0 aliphatic carbocycles. The highest BCUT2D eigenvalue weighted by molar-refractivity contribution is 6.40. The molecule has 0 aromatic rings. The maximum Gasteiger partial charge on any atom is 0.208 e. The van der Waals surface area contributed by atoms with E-state index in [0.717, 1.165) is 0 Å². The molecule has 0 aliphatic rings. The second kappa shape index (κ2) is 6.70. The van der Waals surface area contributed by atoms with E-state index in [-0.39, 0.29) is 20.6 Å². The average molecular weight is 174 g/mol. The van der Waals surface area contributed by atoms with Crippen LogP contribution in [-0.2, 0) is 14.4 Å². The first-order valence-corrected chi connectivity index (χ1v) is 3.02. The first kappa shape index (κ1) is 17.2. The zero-order valence-corrected chi connectivity index (χ0v) is 6.30. The van der Waals surface area contributed by atoms with Crippen LogP contribution in [0, 0.1) is 5.92 Å². The second-order valence-electron chi connectivity index (χ2n) is 2.25. The Morgan fingerprint density at radius 1 is 1.00 bits per heavy atom. The molecule has 0 bridgehead atoms. The van der Waals surface area contributed by atoms with Crippen LogP contribution in [0.2, 0.25) is 0 Å². The van der Waals surface area contributed by atoms with E-state index in [2.05, 4.69) is 0 Å². The smallest absolute Gasteiger partial charge is 0.208 e. The van der Waals surface area contributed by atoms with E-state index in [0.29, 0.717) is 0 Å². The minimum atomic E-state index is -0.766. The van der Waals surface area contributed by atoms with Gasteiger partial charge in [0, 0.05) is 6.92 Å². The minimum absolute atomic E-state index is 0. The lowest BCUT2D eigenvalue weighted by molar-refractivity contribution is -0.140. The number of hydrogen-bond acceptors (Lipinski definition) is 3. The summed E-state index contributed by atoms with van der Waals surface area (Å²) in [6.07, 6.45) is 0. The Morgan fingerprint density at radius 3 is 1.42 bits per heavy atom. The van der Waals surface area contributed by atoms with Gasteiger partial charge in [-0.2, -0.15) is 0 Å². The van der Waals surface area contributed by atoms with Crippen molar-refractivity contribution in [3.05, 3.63) is 0 Å². The number of carbonyl (C=O) groups is 3. The van der Waals surface area contributed by atoms with Crippen LogP contribution in [0.3, 0.4) is 0 Å². The van der Waals surface area contributed by atoms with E-state index < -0.39 is 17.5 Å². The molecule has 1 unspecified atom stereocenters. The van der Waals surface area contributed by atoms with Crippen LogP contribution in [0.15, 0.2) is 0 Å². The molecule has 0 aliphatic heterocycles. The summed E-state index contributed by atoms with van der Waals surface area (Å²) in [5.41, 5.74) is 0. The van der Waals surface area contributed by atoms with Crippen LogP contribution in [0.4, 0.5) is 0 Å². The molecule has 0 heterocycles. The van der Waals surface area contributed by atoms with Crippen molar-refractivity contribution in [2.24, 2.45) is 5.92 Å². The summed E-state index contributed by atoms with van der Waals surface area (Å²) < 4.78 is 0. The number of ketones is 3. The van der Waals surface area contributed by atoms with E-state index in [1.54, 1.807) is 0 Å². The molecule has 0 spiro atoms. The maximum absolute atomic E-state index is 10.7. The summed E-state index contributed by atoms with van der Waals surface area (Å²) in [7, 11) is 0. The van der Waals surface area contributed by atoms with Crippen molar-refractivity contribution in [1.29, 1.82) is 0 Å². The molecule has 1 atom stereocenters. The van der Waals surface area contributed by atoms with Gasteiger partial charge >= 0.3 is 0 Å². The van der Waals surface area contributed by atoms with Crippen molar-refractivity contribution < 1.29 is 14.4 Å². The number of Topliss-reactive ketones (excluding diaryl/α,β-unsaturated/α-hetero) is 3. The Balaban J connectivity index is -0.000000405. The van der Waals surface area contributed by atoms with Gasteiger partial charge in [0.25, 0.3) is 0 Å². The van der Waals surface area contributed by atoms with Crippen molar-refractivity contribution in [1.82, 2.24) is 0 Å². The molecular weight excluding hydrogens is 156 g/mol. The van der Waals surface area contributed by atoms with E-state index in [1.165, 1.54) is 20.8 Å². The van der Waals surface area contributed by atoms with Crippen LogP contribution in [0.5, 0.6) is 0 Å². The number of carbonyl (C=O) groups excluding carboxylic acids is 3. The summed E-state index contributed by atoms with van der Waals surface area (Å²) in [5, 5.41) is 0. The maximum atomic E-state index is 10.7. The highest BCUT2D eigenvalue weighted by Gasteiger charge is 2.20. The third kappa shape index (κ3) is 4.77. The zero-order valence-electron chi connectivity index (χ0n) is 6.30. The molecule has 12 heavy (non-hydrogen) atoms. The van der Waals surface area contributed by atoms with Crippen LogP contribution in [-0.4, -0.2) is 17.3 Å². The minimum Gasteiger partial charge on any atom is -0.299 e. The van der Waals surface area contributed by atoms with Gasteiger partial charge < -0.3 is 0 Å². The molecule has 0 rings (SSSR count). The van der Waals surface area contributed by atoms with Gasteiger partial charge in [-0.15, -0.1) is 0 Å². The lowest BCUT2D eigenvalue weighted by Crippen LogP contribution is -2.24. The number of rotatable bonds is 3. The summed E-state index contributed by atoms with van der Waals surface area (Å²) in [6, 6.07) is 0. The molecule has 3 nitrogen and oxygen atoms in total. The van der Waals surface area contributed by atoms with Gasteiger partial charge in [0.05, 0.1) is 5.92 Å². The fraction of sp³-hybridized carbons (Fsp3) is 0.667. The van der Waals surface area contributed by atoms with Crippen molar-refractivity contribution in [3.8, 4) is 0 Å². The summed E-state index contributed by atoms with van der Waals surface area (Å²) in [6.45, 7) is 3.90. The highest BCUT2D eigenvalue weighted by atomic mass is 16.2. The SMILES string of the molecule is C.C.CC(=O)C(=O)C(C)C(C)=O. The molecule has 0 aromatic carbocycles. The summed E-state index contributed by atoms with van der Waals surface area (Å²) in [4.78, 5) is 31.6. The van der Waals surface area contributed by atoms with Crippen LogP contribution < -0.4 is 0 Å². The van der Waals surface area contributed by atoms with Gasteiger partial charge in [-0.05, 0) is 13.8 Å². The van der Waals surface area contributed by atoms with Gasteiger partial charge in [-0.3, -0.25) is 14.4 Å². The van der Waals surface area contributed by atoms with Crippen molar-refractivity contribution in [2.45, 2.75) is 35.6 Å². The molecule has 0 radical (unpaired) electrons. The molecule has 3 heteroatoms. The number of hydrogen-bond donors (Lipinski definition) is 0. The first-order valence-electron chi connectivity index (χ1n) is 3.02. The van der Waals surface area contributed by atoms with Crippen molar-refractivity contribution in [3.63, 3.8) is 0 Å². The fourth-order valence-electron chi connectivity index (χ4n) is 0.490. The Hall–Kier alpha value is -0.990.